The van der Waals surface area contributed by atoms with Crippen LogP contribution in [0.4, 0.5) is 0 Å². The maximum Gasteiger partial charge on any atom is 0.0360 e. The van der Waals surface area contributed by atoms with Gasteiger partial charge in [-0.25, -0.2) is 0 Å². The number of nitrogens with two attached hydrogens (primary N) is 1. The van der Waals surface area contributed by atoms with E-state index in [4.69, 9.17) is 5.73 Å². The van der Waals surface area contributed by atoms with Crippen LogP contribution >= 0.6 is 0 Å². The summed E-state index contributed by atoms with van der Waals surface area (Å²) in [5.74, 6) is 0. The van der Waals surface area contributed by atoms with Gasteiger partial charge in [0, 0.05) is 19.1 Å². The van der Waals surface area contributed by atoms with Gasteiger partial charge in [0.05, 0.1) is 0 Å². The minimum atomic E-state index is 0.450. The summed E-state index contributed by atoms with van der Waals surface area (Å²) < 4.78 is 0. The second-order valence-electron chi connectivity index (χ2n) is 5.81. The van der Waals surface area contributed by atoms with Gasteiger partial charge >= 0.3 is 0 Å². The normalized spacial score (nSPS) is 17.0. The van der Waals surface area contributed by atoms with Gasteiger partial charge in [0.25, 0.3) is 0 Å². The molecule has 1 aliphatic rings. The SMILES string of the molecule is NCCC(c1ccccc1)N1CCc2ccccc2CC1. The molecule has 0 aliphatic carbocycles. The van der Waals surface area contributed by atoms with E-state index in [1.54, 1.807) is 0 Å². The van der Waals surface area contributed by atoms with E-state index in [1.165, 1.54) is 16.7 Å². The highest BCUT2D eigenvalue weighted by atomic mass is 15.2. The lowest BCUT2D eigenvalue weighted by Gasteiger charge is -2.30. The highest BCUT2D eigenvalue weighted by Crippen LogP contribution is 2.27. The average molecular weight is 280 g/mol. The Morgan fingerprint density at radius 3 is 2.00 bits per heavy atom. The molecule has 0 amide bonds. The van der Waals surface area contributed by atoms with E-state index in [0.717, 1.165) is 38.9 Å². The molecule has 1 atom stereocenters. The molecule has 0 saturated heterocycles. The topological polar surface area (TPSA) is 29.3 Å². The minimum Gasteiger partial charge on any atom is -0.330 e. The van der Waals surface area contributed by atoms with Gasteiger partial charge in [-0.15, -0.1) is 0 Å². The fourth-order valence-corrected chi connectivity index (χ4v) is 3.39. The van der Waals surface area contributed by atoms with E-state index in [9.17, 15) is 0 Å². The van der Waals surface area contributed by atoms with Crippen molar-refractivity contribution in [3.05, 3.63) is 71.3 Å². The van der Waals surface area contributed by atoms with Crippen LogP contribution < -0.4 is 5.73 Å². The van der Waals surface area contributed by atoms with Crippen molar-refractivity contribution in [2.45, 2.75) is 25.3 Å². The van der Waals surface area contributed by atoms with E-state index in [1.807, 2.05) is 0 Å². The van der Waals surface area contributed by atoms with Crippen LogP contribution in [-0.2, 0) is 12.8 Å². The smallest absolute Gasteiger partial charge is 0.0360 e. The summed E-state index contributed by atoms with van der Waals surface area (Å²) in [6, 6.07) is 20.1. The number of benzene rings is 2. The van der Waals surface area contributed by atoms with Crippen LogP contribution in [0.1, 0.15) is 29.2 Å². The zero-order chi connectivity index (χ0) is 14.5. The predicted octanol–water partition coefficient (Wildman–Crippen LogP) is 3.18. The van der Waals surface area contributed by atoms with Crippen molar-refractivity contribution in [2.75, 3.05) is 19.6 Å². The molecule has 0 saturated carbocycles. The third kappa shape index (κ3) is 3.34. The quantitative estimate of drug-likeness (QED) is 0.932. The van der Waals surface area contributed by atoms with Crippen LogP contribution in [0.2, 0.25) is 0 Å². The van der Waals surface area contributed by atoms with Gasteiger partial charge in [0.15, 0.2) is 0 Å². The maximum atomic E-state index is 5.87. The van der Waals surface area contributed by atoms with E-state index < -0.39 is 0 Å². The molecule has 2 N–H and O–H groups in total. The molecule has 2 heteroatoms. The number of fused-ring (bicyclic) bond motifs is 1. The predicted molar refractivity (Wildman–Crippen MR) is 88.3 cm³/mol. The molecular formula is C19H24N2. The Bertz CT molecular complexity index is 538. The molecule has 0 bridgehead atoms. The summed E-state index contributed by atoms with van der Waals surface area (Å²) in [6.07, 6.45) is 3.31. The fraction of sp³-hybridized carbons (Fsp3) is 0.368. The van der Waals surface area contributed by atoms with Gasteiger partial charge in [-0.2, -0.15) is 0 Å². The van der Waals surface area contributed by atoms with Crippen molar-refractivity contribution in [1.29, 1.82) is 0 Å². The van der Waals surface area contributed by atoms with Crippen LogP contribution in [0.3, 0.4) is 0 Å². The average Bonchev–Trinajstić information content (AvgIpc) is 2.76. The van der Waals surface area contributed by atoms with E-state index in [-0.39, 0.29) is 0 Å². The Balaban J connectivity index is 1.79. The maximum absolute atomic E-state index is 5.87. The van der Waals surface area contributed by atoms with Crippen molar-refractivity contribution >= 4 is 0 Å². The van der Waals surface area contributed by atoms with E-state index >= 15 is 0 Å². The van der Waals surface area contributed by atoms with Gasteiger partial charge in [0.2, 0.25) is 0 Å². The van der Waals surface area contributed by atoms with Crippen molar-refractivity contribution in [3.8, 4) is 0 Å². The Kier molecular flexibility index (Phi) is 4.69. The number of hydrogen-bond donors (Lipinski definition) is 1. The summed E-state index contributed by atoms with van der Waals surface area (Å²) in [5.41, 5.74) is 10.3. The van der Waals surface area contributed by atoms with Crippen molar-refractivity contribution in [2.24, 2.45) is 5.73 Å². The van der Waals surface area contributed by atoms with Crippen LogP contribution in [-0.4, -0.2) is 24.5 Å². The molecule has 0 aromatic heterocycles. The molecule has 1 unspecified atom stereocenters. The third-order valence-corrected chi connectivity index (χ3v) is 4.52. The minimum absolute atomic E-state index is 0.450. The molecule has 2 aromatic carbocycles. The van der Waals surface area contributed by atoms with Crippen molar-refractivity contribution in [1.82, 2.24) is 4.90 Å². The molecule has 0 fully saturated rings. The summed E-state index contributed by atoms with van der Waals surface area (Å²) >= 11 is 0. The van der Waals surface area contributed by atoms with Crippen LogP contribution in [0.15, 0.2) is 54.6 Å². The number of nitrogens with zero attached hydrogens (tertiary/aromatic N) is 1. The molecule has 2 aromatic rings. The first-order valence-corrected chi connectivity index (χ1v) is 7.94. The second kappa shape index (κ2) is 6.88. The molecule has 1 aliphatic heterocycles. The highest BCUT2D eigenvalue weighted by molar-refractivity contribution is 5.29. The summed E-state index contributed by atoms with van der Waals surface area (Å²) in [6.45, 7) is 2.98. The summed E-state index contributed by atoms with van der Waals surface area (Å²) in [7, 11) is 0. The van der Waals surface area contributed by atoms with Crippen LogP contribution in [0, 0.1) is 0 Å². The monoisotopic (exact) mass is 280 g/mol. The van der Waals surface area contributed by atoms with Gasteiger partial charge in [-0.05, 0) is 42.5 Å². The molecule has 0 spiro atoms. The van der Waals surface area contributed by atoms with E-state index in [2.05, 4.69) is 59.5 Å². The second-order valence-corrected chi connectivity index (χ2v) is 5.81. The summed E-state index contributed by atoms with van der Waals surface area (Å²) in [5, 5.41) is 0. The van der Waals surface area contributed by atoms with Gasteiger partial charge < -0.3 is 5.73 Å². The van der Waals surface area contributed by atoms with Gasteiger partial charge in [0.1, 0.15) is 0 Å². The number of hydrogen-bond acceptors (Lipinski definition) is 2. The molecule has 1 heterocycles. The molecule has 2 nitrogen and oxygen atoms in total. The first kappa shape index (κ1) is 14.3. The number of rotatable bonds is 4. The molecule has 0 radical (unpaired) electrons. The highest BCUT2D eigenvalue weighted by Gasteiger charge is 2.22. The first-order chi connectivity index (χ1) is 10.4. The van der Waals surface area contributed by atoms with Gasteiger partial charge in [-0.1, -0.05) is 54.6 Å². The van der Waals surface area contributed by atoms with Crippen LogP contribution in [0.5, 0.6) is 0 Å². The fourth-order valence-electron chi connectivity index (χ4n) is 3.39. The first-order valence-electron chi connectivity index (χ1n) is 7.94. The van der Waals surface area contributed by atoms with E-state index in [0.29, 0.717) is 6.04 Å². The molecule has 21 heavy (non-hydrogen) atoms. The lowest BCUT2D eigenvalue weighted by molar-refractivity contribution is 0.198. The Morgan fingerprint density at radius 1 is 0.857 bits per heavy atom. The van der Waals surface area contributed by atoms with Crippen molar-refractivity contribution in [3.63, 3.8) is 0 Å². The van der Waals surface area contributed by atoms with Crippen molar-refractivity contribution < 1.29 is 0 Å². The zero-order valence-electron chi connectivity index (χ0n) is 12.5. The Morgan fingerprint density at radius 2 is 1.43 bits per heavy atom. The largest absolute Gasteiger partial charge is 0.330 e. The standard InChI is InChI=1S/C19H24N2/c20-13-10-19(18-8-2-1-3-9-18)21-14-11-16-6-4-5-7-17(16)12-15-21/h1-9,19H,10-15,20H2. The van der Waals surface area contributed by atoms with Gasteiger partial charge in [-0.3, -0.25) is 4.90 Å². The lowest BCUT2D eigenvalue weighted by atomic mass is 10.0. The molecule has 110 valence electrons. The third-order valence-electron chi connectivity index (χ3n) is 4.52. The Labute approximate surface area is 127 Å². The lowest BCUT2D eigenvalue weighted by Crippen LogP contribution is -2.32. The molecule has 3 rings (SSSR count). The summed E-state index contributed by atoms with van der Waals surface area (Å²) in [4.78, 5) is 2.61. The van der Waals surface area contributed by atoms with Crippen LogP contribution in [0.25, 0.3) is 0 Å². The Hall–Kier alpha value is -1.64. The zero-order valence-corrected chi connectivity index (χ0v) is 12.5. The molecular weight excluding hydrogens is 256 g/mol.